The third-order valence-electron chi connectivity index (χ3n) is 3.02. The molecule has 20 heavy (non-hydrogen) atoms. The highest BCUT2D eigenvalue weighted by atomic mass is 79.9. The molecular formula is C13H15BrFN3O2. The summed E-state index contributed by atoms with van der Waals surface area (Å²) in [6.45, 7) is 2.48. The van der Waals surface area contributed by atoms with Crippen LogP contribution in [0.2, 0.25) is 0 Å². The van der Waals surface area contributed by atoms with Crippen molar-refractivity contribution in [3.8, 4) is 0 Å². The van der Waals surface area contributed by atoms with Crippen molar-refractivity contribution < 1.29 is 14.0 Å². The van der Waals surface area contributed by atoms with Gasteiger partial charge in [-0.25, -0.2) is 4.39 Å². The van der Waals surface area contributed by atoms with E-state index in [0.717, 1.165) is 13.0 Å². The zero-order valence-electron chi connectivity index (χ0n) is 10.8. The first-order valence-corrected chi connectivity index (χ1v) is 7.14. The predicted octanol–water partition coefficient (Wildman–Crippen LogP) is 1.35. The molecule has 1 aromatic rings. The van der Waals surface area contributed by atoms with Gasteiger partial charge in [-0.05, 0) is 41.0 Å². The topological polar surface area (TPSA) is 61.4 Å². The number of hydrogen-bond donors (Lipinski definition) is 2. The van der Waals surface area contributed by atoms with E-state index in [1.54, 1.807) is 6.07 Å². The highest BCUT2D eigenvalue weighted by molar-refractivity contribution is 9.10. The molecule has 0 radical (unpaired) electrons. The smallest absolute Gasteiger partial charge is 0.314 e. The van der Waals surface area contributed by atoms with Crippen LogP contribution in [0.15, 0.2) is 22.7 Å². The van der Waals surface area contributed by atoms with Crippen LogP contribution in [-0.4, -0.2) is 42.9 Å². The van der Waals surface area contributed by atoms with Gasteiger partial charge in [-0.1, -0.05) is 6.07 Å². The van der Waals surface area contributed by atoms with E-state index < -0.39 is 17.6 Å². The lowest BCUT2D eigenvalue weighted by molar-refractivity contribution is -0.143. The largest absolute Gasteiger partial charge is 0.333 e. The highest BCUT2D eigenvalue weighted by Gasteiger charge is 2.23. The second-order valence-electron chi connectivity index (χ2n) is 4.45. The number of nitrogens with zero attached hydrogens (tertiary/aromatic N) is 1. The van der Waals surface area contributed by atoms with Crippen LogP contribution in [0.1, 0.15) is 6.42 Å². The molecule has 0 bridgehead atoms. The molecule has 5 nitrogen and oxygen atoms in total. The maximum absolute atomic E-state index is 13.6. The van der Waals surface area contributed by atoms with E-state index in [2.05, 4.69) is 26.6 Å². The first-order valence-electron chi connectivity index (χ1n) is 6.34. The van der Waals surface area contributed by atoms with Crippen LogP contribution < -0.4 is 10.6 Å². The molecule has 1 heterocycles. The minimum Gasteiger partial charge on any atom is -0.333 e. The van der Waals surface area contributed by atoms with Gasteiger partial charge < -0.3 is 15.5 Å². The SMILES string of the molecule is O=C(Nc1c(F)cccc1Br)C(=O)N1CCCNCC1. The molecule has 2 N–H and O–H groups in total. The summed E-state index contributed by atoms with van der Waals surface area (Å²) in [5, 5.41) is 5.47. The molecular weight excluding hydrogens is 329 g/mol. The van der Waals surface area contributed by atoms with Gasteiger partial charge in [-0.15, -0.1) is 0 Å². The van der Waals surface area contributed by atoms with Gasteiger partial charge in [0.05, 0.1) is 5.69 Å². The van der Waals surface area contributed by atoms with Crippen LogP contribution in [0.5, 0.6) is 0 Å². The molecule has 1 aromatic carbocycles. The quantitative estimate of drug-likeness (QED) is 0.756. The average Bonchev–Trinajstić information content (AvgIpc) is 2.71. The molecule has 0 aromatic heterocycles. The van der Waals surface area contributed by atoms with Gasteiger partial charge in [0.25, 0.3) is 0 Å². The number of nitrogens with one attached hydrogen (secondary N) is 2. The Balaban J connectivity index is 2.05. The number of anilines is 1. The molecule has 1 saturated heterocycles. The second kappa shape index (κ2) is 6.81. The fourth-order valence-electron chi connectivity index (χ4n) is 1.98. The summed E-state index contributed by atoms with van der Waals surface area (Å²) >= 11 is 3.14. The Morgan fingerprint density at radius 1 is 1.30 bits per heavy atom. The lowest BCUT2D eigenvalue weighted by atomic mass is 10.3. The summed E-state index contributed by atoms with van der Waals surface area (Å²) in [6, 6.07) is 4.33. The van der Waals surface area contributed by atoms with E-state index in [4.69, 9.17) is 0 Å². The van der Waals surface area contributed by atoms with Crippen LogP contribution in [0, 0.1) is 5.82 Å². The summed E-state index contributed by atoms with van der Waals surface area (Å²) in [6.07, 6.45) is 0.794. The molecule has 1 fully saturated rings. The number of halogens is 2. The summed E-state index contributed by atoms with van der Waals surface area (Å²) in [5.41, 5.74) is -0.0150. The van der Waals surface area contributed by atoms with Crippen LogP contribution in [0.4, 0.5) is 10.1 Å². The number of carbonyl (C=O) groups is 2. The summed E-state index contributed by atoms with van der Waals surface area (Å²) < 4.78 is 14.0. The van der Waals surface area contributed by atoms with Crippen molar-refractivity contribution in [3.63, 3.8) is 0 Å². The summed E-state index contributed by atoms with van der Waals surface area (Å²) in [7, 11) is 0. The van der Waals surface area contributed by atoms with E-state index in [-0.39, 0.29) is 5.69 Å². The standard InChI is InChI=1S/C13H15BrFN3O2/c14-9-3-1-4-10(15)11(9)17-12(19)13(20)18-7-2-5-16-6-8-18/h1,3-4,16H,2,5-8H2,(H,17,19). The molecule has 2 amide bonds. The predicted molar refractivity (Wildman–Crippen MR) is 76.8 cm³/mol. The maximum Gasteiger partial charge on any atom is 0.314 e. The second-order valence-corrected chi connectivity index (χ2v) is 5.30. The minimum absolute atomic E-state index is 0.0150. The van der Waals surface area contributed by atoms with Gasteiger partial charge in [0, 0.05) is 24.1 Å². The average molecular weight is 344 g/mol. The molecule has 0 saturated carbocycles. The lowest BCUT2D eigenvalue weighted by Gasteiger charge is -2.19. The van der Waals surface area contributed by atoms with Gasteiger partial charge in [-0.2, -0.15) is 0 Å². The monoisotopic (exact) mass is 343 g/mol. The summed E-state index contributed by atoms with van der Waals surface area (Å²) in [5.74, 6) is -2.04. The number of benzene rings is 1. The van der Waals surface area contributed by atoms with Crippen molar-refractivity contribution in [1.82, 2.24) is 10.2 Å². The van der Waals surface area contributed by atoms with E-state index in [9.17, 15) is 14.0 Å². The van der Waals surface area contributed by atoms with Gasteiger partial charge >= 0.3 is 11.8 Å². The molecule has 108 valence electrons. The number of rotatable bonds is 1. The summed E-state index contributed by atoms with van der Waals surface area (Å²) in [4.78, 5) is 25.4. The highest BCUT2D eigenvalue weighted by Crippen LogP contribution is 2.25. The Labute approximate surface area is 124 Å². The van der Waals surface area contributed by atoms with Crippen molar-refractivity contribution in [2.75, 3.05) is 31.5 Å². The van der Waals surface area contributed by atoms with Crippen LogP contribution >= 0.6 is 15.9 Å². The number of hydrogen-bond acceptors (Lipinski definition) is 3. The van der Waals surface area contributed by atoms with E-state index in [1.807, 2.05) is 0 Å². The maximum atomic E-state index is 13.6. The van der Waals surface area contributed by atoms with Crippen molar-refractivity contribution >= 4 is 33.4 Å². The van der Waals surface area contributed by atoms with Crippen molar-refractivity contribution in [2.45, 2.75) is 6.42 Å². The van der Waals surface area contributed by atoms with Crippen molar-refractivity contribution in [1.29, 1.82) is 0 Å². The fourth-order valence-corrected chi connectivity index (χ4v) is 2.42. The normalized spacial score (nSPS) is 15.6. The Morgan fingerprint density at radius 2 is 2.10 bits per heavy atom. The Bertz CT molecular complexity index is 496. The third kappa shape index (κ3) is 3.55. The third-order valence-corrected chi connectivity index (χ3v) is 3.68. The van der Waals surface area contributed by atoms with Gasteiger partial charge in [0.2, 0.25) is 0 Å². The fraction of sp³-hybridized carbons (Fsp3) is 0.385. The van der Waals surface area contributed by atoms with E-state index in [1.165, 1.54) is 17.0 Å². The first kappa shape index (κ1) is 14.9. The van der Waals surface area contributed by atoms with Crippen LogP contribution in [0.25, 0.3) is 0 Å². The Morgan fingerprint density at radius 3 is 2.85 bits per heavy atom. The van der Waals surface area contributed by atoms with Crippen LogP contribution in [-0.2, 0) is 9.59 Å². The zero-order valence-corrected chi connectivity index (χ0v) is 12.4. The first-order chi connectivity index (χ1) is 9.59. The molecule has 1 aliphatic rings. The van der Waals surface area contributed by atoms with Gasteiger partial charge in [0.15, 0.2) is 0 Å². The molecule has 0 spiro atoms. The molecule has 2 rings (SSSR count). The van der Waals surface area contributed by atoms with E-state index >= 15 is 0 Å². The molecule has 1 aliphatic heterocycles. The molecule has 7 heteroatoms. The molecule has 0 aliphatic carbocycles. The van der Waals surface area contributed by atoms with Crippen LogP contribution in [0.3, 0.4) is 0 Å². The number of carbonyl (C=O) groups excluding carboxylic acids is 2. The van der Waals surface area contributed by atoms with Gasteiger partial charge in [0.1, 0.15) is 5.82 Å². The molecule has 0 unspecified atom stereocenters. The number of para-hydroxylation sites is 1. The lowest BCUT2D eigenvalue weighted by Crippen LogP contribution is -2.41. The molecule has 0 atom stereocenters. The Kier molecular flexibility index (Phi) is 5.08. The minimum atomic E-state index is -0.822. The zero-order chi connectivity index (χ0) is 14.5. The van der Waals surface area contributed by atoms with Crippen molar-refractivity contribution in [2.24, 2.45) is 0 Å². The van der Waals surface area contributed by atoms with E-state index in [0.29, 0.717) is 24.1 Å². The number of amides is 2. The van der Waals surface area contributed by atoms with Crippen molar-refractivity contribution in [3.05, 3.63) is 28.5 Å². The van der Waals surface area contributed by atoms with Gasteiger partial charge in [-0.3, -0.25) is 9.59 Å². The Hall–Kier alpha value is -1.47.